The smallest absolute Gasteiger partial charge is 0.420 e. The fraction of sp³-hybridized carbons (Fsp3) is 0.0220. The number of para-hydroxylation sites is 5. The molecule has 0 aliphatic rings. The Morgan fingerprint density at radius 1 is 0.238 bits per heavy atom. The van der Waals surface area contributed by atoms with Crippen LogP contribution in [0.15, 0.2) is 312 Å². The molecule has 0 N–H and O–H groups in total. The summed E-state index contributed by atoms with van der Waals surface area (Å²) in [6.45, 7) is 0. The van der Waals surface area contributed by atoms with Gasteiger partial charge in [-0.25, -0.2) is 4.98 Å². The van der Waals surface area contributed by atoms with Crippen LogP contribution >= 0.6 is 0 Å². The molecule has 0 aliphatic carbocycles. The van der Waals surface area contributed by atoms with E-state index in [-0.39, 0.29) is 22.0 Å². The van der Waals surface area contributed by atoms with Crippen molar-refractivity contribution in [2.75, 3.05) is 0 Å². The molecule has 0 saturated carbocycles. The third-order valence-electron chi connectivity index (χ3n) is 21.1. The van der Waals surface area contributed by atoms with E-state index in [0.717, 1.165) is 155 Å². The highest BCUT2D eigenvalue weighted by molar-refractivity contribution is 6.17. The molecule has 0 fully saturated rings. The van der Waals surface area contributed by atoms with Crippen molar-refractivity contribution in [3.8, 4) is 67.4 Å². The minimum Gasteiger partial charge on any atom is -0.456 e. The van der Waals surface area contributed by atoms with Crippen molar-refractivity contribution in [2.24, 2.45) is 0 Å². The highest BCUT2D eigenvalue weighted by atomic mass is 19.4. The van der Waals surface area contributed by atoms with Crippen LogP contribution in [0.3, 0.4) is 0 Å². The Hall–Kier alpha value is -13.5. The molecular formula is C91H50F7N5O2. The van der Waals surface area contributed by atoms with Crippen LogP contribution in [0.2, 0.25) is 0 Å². The van der Waals surface area contributed by atoms with Gasteiger partial charge in [0.05, 0.1) is 55.4 Å². The Balaban J connectivity index is 0.687. The van der Waals surface area contributed by atoms with E-state index in [1.54, 1.807) is 16.7 Å². The van der Waals surface area contributed by atoms with Crippen LogP contribution in [0.1, 0.15) is 11.1 Å². The largest absolute Gasteiger partial charge is 0.456 e. The molecular weight excluding hydrogens is 1330 g/mol. The number of benzene rings is 14. The molecule has 14 aromatic carbocycles. The quantitative estimate of drug-likeness (QED) is 0.113. The fourth-order valence-corrected chi connectivity index (χ4v) is 16.4. The van der Waals surface area contributed by atoms with Gasteiger partial charge in [-0.2, -0.15) is 30.7 Å². The van der Waals surface area contributed by atoms with E-state index in [0.29, 0.717) is 22.3 Å². The zero-order valence-electron chi connectivity index (χ0n) is 55.1. The maximum atomic E-state index is 15.8. The van der Waals surface area contributed by atoms with Gasteiger partial charge in [0, 0.05) is 92.9 Å². The Labute approximate surface area is 590 Å². The average molecular weight is 1380 g/mol. The van der Waals surface area contributed by atoms with Crippen LogP contribution in [0.25, 0.3) is 198 Å². The minimum atomic E-state index is -5.04. The maximum absolute atomic E-state index is 15.8. The summed E-state index contributed by atoms with van der Waals surface area (Å²) in [5, 5.41) is 8.96. The van der Waals surface area contributed by atoms with Crippen LogP contribution < -0.4 is 0 Å². The topological polar surface area (TPSA) is 58.9 Å². The summed E-state index contributed by atoms with van der Waals surface area (Å²) >= 11 is 0. The lowest BCUT2D eigenvalue weighted by atomic mass is 9.97. The summed E-state index contributed by atoms with van der Waals surface area (Å²) in [4.78, 5) is 4.17. The first kappa shape index (κ1) is 60.3. The van der Waals surface area contributed by atoms with E-state index in [1.165, 1.54) is 18.2 Å². The van der Waals surface area contributed by atoms with E-state index < -0.39 is 40.6 Å². The summed E-state index contributed by atoms with van der Waals surface area (Å²) in [5.74, 6) is -0.534. The number of aromatic nitrogens is 5. The van der Waals surface area contributed by atoms with Crippen molar-refractivity contribution in [1.29, 1.82) is 0 Å². The molecule has 0 radical (unpaired) electrons. The lowest BCUT2D eigenvalue weighted by molar-refractivity contribution is -0.136. The molecule has 500 valence electrons. The number of alkyl halides is 6. The van der Waals surface area contributed by atoms with Gasteiger partial charge in [-0.3, -0.25) is 0 Å². The second-order valence-corrected chi connectivity index (χ2v) is 26.9. The molecule has 21 rings (SSSR count). The Morgan fingerprint density at radius 2 is 0.590 bits per heavy atom. The number of pyridine rings is 1. The summed E-state index contributed by atoms with van der Waals surface area (Å²) in [7, 11) is 0. The van der Waals surface area contributed by atoms with E-state index in [9.17, 15) is 4.39 Å². The van der Waals surface area contributed by atoms with Crippen molar-refractivity contribution in [3.05, 3.63) is 320 Å². The predicted octanol–water partition coefficient (Wildman–Crippen LogP) is 26.1. The second-order valence-electron chi connectivity index (χ2n) is 26.9. The molecule has 7 nitrogen and oxygen atoms in total. The van der Waals surface area contributed by atoms with Crippen LogP contribution in [0, 0.1) is 5.95 Å². The molecule has 0 atom stereocenters. The number of hydrogen-bond acceptors (Lipinski definition) is 3. The third kappa shape index (κ3) is 9.28. The average Bonchev–Trinajstić information content (AvgIpc) is 1.58. The number of rotatable bonds is 8. The first-order valence-electron chi connectivity index (χ1n) is 34.3. The lowest BCUT2D eigenvalue weighted by Gasteiger charge is -2.13. The molecule has 0 amide bonds. The second kappa shape index (κ2) is 22.3. The maximum Gasteiger partial charge on any atom is 0.420 e. The molecule has 21 aromatic rings. The van der Waals surface area contributed by atoms with E-state index >= 15 is 26.3 Å². The SMILES string of the molecule is Fc1cccc(-c2ccc3c(c2)c2ccccc2n3-c2ccc3oc4ccc(-c5ccc6c(c5)c5cc(-c7ccc8c(c7)c7ccccc7n8-c7cc(C(F)(F)F)c8oc9c(C(F)(F)F)cc(-c%10ccc%11c(c%10)c%10ccccc%10n%11-c%10ccccc%10)cc9c8c7)ccc5n6-c5ccccc5)cc4c3c2)n1. The lowest BCUT2D eigenvalue weighted by Crippen LogP contribution is -2.07. The zero-order chi connectivity index (χ0) is 70.3. The van der Waals surface area contributed by atoms with Gasteiger partial charge in [-0.15, -0.1) is 0 Å². The van der Waals surface area contributed by atoms with Gasteiger partial charge in [0.15, 0.2) is 0 Å². The molecule has 7 aromatic heterocycles. The first-order chi connectivity index (χ1) is 51.2. The van der Waals surface area contributed by atoms with Gasteiger partial charge in [-0.05, 0) is 203 Å². The van der Waals surface area contributed by atoms with Crippen molar-refractivity contribution in [3.63, 3.8) is 0 Å². The summed E-state index contributed by atoms with van der Waals surface area (Å²) in [6, 6.07) is 96.5. The van der Waals surface area contributed by atoms with Crippen molar-refractivity contribution in [1.82, 2.24) is 23.3 Å². The molecule has 0 bridgehead atoms. The Kier molecular flexibility index (Phi) is 12.8. The van der Waals surface area contributed by atoms with Crippen molar-refractivity contribution < 1.29 is 39.6 Å². The highest BCUT2D eigenvalue weighted by Crippen LogP contribution is 2.49. The fourth-order valence-electron chi connectivity index (χ4n) is 16.4. The standard InChI is InChI=1S/C91H50F7N5O2/c92-87-25-13-21-76(99-87)56-30-37-81-67(45-56)64-20-8-11-23-78(64)102(81)60-32-39-86-71(48-60)70-44-54(31-38-85(70)104-86)53-28-35-84-69(42-53)68-41-52(27-34-83(68)101(84)59-16-5-2-6-17-59)51-26-33-82-65(40-51)63-19-9-12-24-79(63)103(82)61-49-73-72-46-57(47-74(90(93,94)95)88(72)105-89(73)75(50-61)91(96,97)98)55-29-36-80-66(43-55)62-18-7-10-22-77(62)100(80)58-14-3-1-4-15-58/h1-50H. The van der Waals surface area contributed by atoms with Gasteiger partial charge >= 0.3 is 12.4 Å². The molecule has 105 heavy (non-hydrogen) atoms. The zero-order valence-corrected chi connectivity index (χ0v) is 55.1. The monoisotopic (exact) mass is 1380 g/mol. The van der Waals surface area contributed by atoms with Gasteiger partial charge in [0.25, 0.3) is 0 Å². The summed E-state index contributed by atoms with van der Waals surface area (Å²) < 4.78 is 129. The number of nitrogens with zero attached hydrogens (tertiary/aromatic N) is 5. The molecule has 0 saturated heterocycles. The summed E-state index contributed by atoms with van der Waals surface area (Å²) in [5.41, 5.74) is 13.3. The van der Waals surface area contributed by atoms with Gasteiger partial charge in [0.1, 0.15) is 27.9 Å². The molecule has 7 heterocycles. The van der Waals surface area contributed by atoms with Crippen LogP contribution in [0.5, 0.6) is 0 Å². The third-order valence-corrected chi connectivity index (χ3v) is 21.1. The van der Waals surface area contributed by atoms with Crippen LogP contribution in [-0.4, -0.2) is 23.3 Å². The molecule has 0 spiro atoms. The molecule has 0 aliphatic heterocycles. The normalized spacial score (nSPS) is 12.5. The minimum absolute atomic E-state index is 0.0955. The first-order valence-corrected chi connectivity index (χ1v) is 34.3. The van der Waals surface area contributed by atoms with Crippen molar-refractivity contribution in [2.45, 2.75) is 12.4 Å². The highest BCUT2D eigenvalue weighted by Gasteiger charge is 2.40. The predicted molar refractivity (Wildman–Crippen MR) is 408 cm³/mol. The molecule has 14 heteroatoms. The summed E-state index contributed by atoms with van der Waals surface area (Å²) in [6.07, 6.45) is -10.0. The van der Waals surface area contributed by atoms with Crippen LogP contribution in [-0.2, 0) is 12.4 Å². The van der Waals surface area contributed by atoms with Gasteiger partial charge in [-0.1, -0.05) is 133 Å². The van der Waals surface area contributed by atoms with E-state index in [2.05, 4.69) is 122 Å². The number of fused-ring (bicyclic) bond motifs is 18. The number of furan rings is 2. The van der Waals surface area contributed by atoms with Crippen LogP contribution in [0.4, 0.5) is 30.7 Å². The Morgan fingerprint density at radius 3 is 1.09 bits per heavy atom. The van der Waals surface area contributed by atoms with Gasteiger partial charge < -0.3 is 27.1 Å². The number of halogens is 7. The van der Waals surface area contributed by atoms with Gasteiger partial charge in [0.2, 0.25) is 5.95 Å². The molecule has 0 unspecified atom stereocenters. The number of hydrogen-bond donors (Lipinski definition) is 0. The Bertz CT molecular complexity index is 7270. The van der Waals surface area contributed by atoms with E-state index in [4.69, 9.17) is 8.83 Å². The van der Waals surface area contributed by atoms with Crippen molar-refractivity contribution >= 4 is 131 Å². The van der Waals surface area contributed by atoms with E-state index in [1.807, 2.05) is 158 Å².